The Kier molecular flexibility index (Phi) is 2.23. The van der Waals surface area contributed by atoms with Gasteiger partial charge in [-0.3, -0.25) is 0 Å². The highest BCUT2D eigenvalue weighted by Crippen LogP contribution is 2.40. The summed E-state index contributed by atoms with van der Waals surface area (Å²) in [4.78, 5) is 0. The van der Waals surface area contributed by atoms with Gasteiger partial charge in [0, 0.05) is 9.86 Å². The van der Waals surface area contributed by atoms with Gasteiger partial charge < -0.3 is 10.2 Å². The van der Waals surface area contributed by atoms with Crippen molar-refractivity contribution in [2.75, 3.05) is 5.73 Å². The lowest BCUT2D eigenvalue weighted by atomic mass is 10.1. The molecule has 0 bridgehead atoms. The molecule has 0 unspecified atom stereocenters. The Labute approximate surface area is 109 Å². The molecule has 2 aromatic carbocycles. The predicted octanol–water partition coefficient (Wildman–Crippen LogP) is 4.69. The van der Waals surface area contributed by atoms with E-state index in [4.69, 9.17) is 10.2 Å². The van der Waals surface area contributed by atoms with Crippen LogP contribution < -0.4 is 5.73 Å². The van der Waals surface area contributed by atoms with Crippen LogP contribution in [0.5, 0.6) is 0 Å². The second kappa shape index (κ2) is 3.50. The number of anilines is 1. The van der Waals surface area contributed by atoms with E-state index in [0.717, 1.165) is 30.9 Å². The molecule has 16 heavy (non-hydrogen) atoms. The summed E-state index contributed by atoms with van der Waals surface area (Å²) >= 11 is 6.92. The van der Waals surface area contributed by atoms with E-state index < -0.39 is 0 Å². The highest BCUT2D eigenvalue weighted by atomic mass is 79.9. The highest BCUT2D eigenvalue weighted by molar-refractivity contribution is 9.11. The van der Waals surface area contributed by atoms with Gasteiger partial charge in [-0.2, -0.15) is 0 Å². The molecular weight excluding hydrogens is 334 g/mol. The molecule has 0 aliphatic carbocycles. The van der Waals surface area contributed by atoms with Crippen molar-refractivity contribution in [2.24, 2.45) is 0 Å². The molecular formula is C12H7Br2NO. The minimum Gasteiger partial charge on any atom is -0.455 e. The van der Waals surface area contributed by atoms with Gasteiger partial charge in [-0.25, -0.2) is 0 Å². The van der Waals surface area contributed by atoms with Crippen LogP contribution in [0, 0.1) is 0 Å². The molecule has 1 aromatic heterocycles. The van der Waals surface area contributed by atoms with E-state index in [-0.39, 0.29) is 0 Å². The van der Waals surface area contributed by atoms with E-state index in [0.29, 0.717) is 5.69 Å². The number of halogens is 2. The molecule has 3 rings (SSSR count). The van der Waals surface area contributed by atoms with Crippen LogP contribution in [0.25, 0.3) is 21.9 Å². The molecule has 2 nitrogen and oxygen atoms in total. The number of nitrogens with two attached hydrogens (primary N) is 1. The molecule has 4 heteroatoms. The van der Waals surface area contributed by atoms with Gasteiger partial charge >= 0.3 is 0 Å². The van der Waals surface area contributed by atoms with Crippen LogP contribution in [0.2, 0.25) is 0 Å². The van der Waals surface area contributed by atoms with Crippen molar-refractivity contribution in [1.29, 1.82) is 0 Å². The fourth-order valence-corrected chi connectivity index (χ4v) is 3.10. The number of nitrogen functional groups attached to an aromatic ring is 1. The maximum atomic E-state index is 6.07. The van der Waals surface area contributed by atoms with E-state index in [2.05, 4.69) is 31.9 Å². The van der Waals surface area contributed by atoms with Gasteiger partial charge in [0.2, 0.25) is 0 Å². The van der Waals surface area contributed by atoms with Gasteiger partial charge in [0.25, 0.3) is 0 Å². The smallest absolute Gasteiger partial charge is 0.151 e. The average molecular weight is 341 g/mol. The third kappa shape index (κ3) is 1.30. The topological polar surface area (TPSA) is 39.2 Å². The van der Waals surface area contributed by atoms with Crippen LogP contribution in [0.1, 0.15) is 0 Å². The highest BCUT2D eigenvalue weighted by Gasteiger charge is 2.14. The number of para-hydroxylation sites is 1. The fourth-order valence-electron chi connectivity index (χ4n) is 1.86. The normalized spacial score (nSPS) is 11.4. The van der Waals surface area contributed by atoms with Crippen molar-refractivity contribution < 1.29 is 4.42 Å². The van der Waals surface area contributed by atoms with Crippen molar-refractivity contribution in [3.05, 3.63) is 39.3 Å². The van der Waals surface area contributed by atoms with Crippen LogP contribution in [-0.4, -0.2) is 0 Å². The Bertz CT molecular complexity index is 703. The minimum absolute atomic E-state index is 0.711. The van der Waals surface area contributed by atoms with Crippen LogP contribution in [0.4, 0.5) is 5.69 Å². The second-order valence-corrected chi connectivity index (χ2v) is 5.26. The fraction of sp³-hybridized carbons (Fsp3) is 0. The summed E-state index contributed by atoms with van der Waals surface area (Å²) in [5, 5.41) is 1.99. The molecule has 0 amide bonds. The predicted molar refractivity (Wildman–Crippen MR) is 73.5 cm³/mol. The Morgan fingerprint density at radius 2 is 1.81 bits per heavy atom. The third-order valence-electron chi connectivity index (χ3n) is 2.59. The van der Waals surface area contributed by atoms with Crippen molar-refractivity contribution in [2.45, 2.75) is 0 Å². The number of hydrogen-bond donors (Lipinski definition) is 1. The first-order chi connectivity index (χ1) is 7.68. The number of rotatable bonds is 0. The molecule has 0 aliphatic rings. The summed E-state index contributed by atoms with van der Waals surface area (Å²) in [6.45, 7) is 0. The van der Waals surface area contributed by atoms with Crippen LogP contribution in [0.3, 0.4) is 0 Å². The summed E-state index contributed by atoms with van der Waals surface area (Å²) in [7, 11) is 0. The maximum absolute atomic E-state index is 6.07. The molecule has 0 atom stereocenters. The van der Waals surface area contributed by atoms with Crippen molar-refractivity contribution >= 4 is 59.5 Å². The first-order valence-electron chi connectivity index (χ1n) is 4.73. The van der Waals surface area contributed by atoms with E-state index in [1.54, 1.807) is 0 Å². The van der Waals surface area contributed by atoms with Crippen LogP contribution >= 0.6 is 31.9 Å². The second-order valence-electron chi connectivity index (χ2n) is 3.56. The molecule has 0 fully saturated rings. The molecule has 3 aromatic rings. The maximum Gasteiger partial charge on any atom is 0.151 e. The monoisotopic (exact) mass is 339 g/mol. The van der Waals surface area contributed by atoms with Gasteiger partial charge in [0.05, 0.1) is 15.5 Å². The van der Waals surface area contributed by atoms with Crippen molar-refractivity contribution in [3.63, 3.8) is 0 Å². The van der Waals surface area contributed by atoms with Crippen molar-refractivity contribution in [1.82, 2.24) is 0 Å². The first kappa shape index (κ1) is 10.2. The zero-order valence-electron chi connectivity index (χ0n) is 8.13. The lowest BCUT2D eigenvalue weighted by Crippen LogP contribution is -1.87. The standard InChI is InChI=1S/C12H7Br2NO/c13-7-5-8(14)12-10(11(7)15)6-3-1-2-4-9(6)16-12/h1-5H,15H2. The van der Waals surface area contributed by atoms with E-state index in [9.17, 15) is 0 Å². The van der Waals surface area contributed by atoms with Gasteiger partial charge in [0.1, 0.15) is 5.58 Å². The number of benzene rings is 2. The first-order valence-corrected chi connectivity index (χ1v) is 6.32. The number of furan rings is 1. The van der Waals surface area contributed by atoms with Gasteiger partial charge in [-0.15, -0.1) is 0 Å². The quantitative estimate of drug-likeness (QED) is 0.603. The summed E-state index contributed by atoms with van der Waals surface area (Å²) in [5.41, 5.74) is 8.42. The molecule has 0 spiro atoms. The van der Waals surface area contributed by atoms with Gasteiger partial charge in [-0.1, -0.05) is 18.2 Å². The summed E-state index contributed by atoms with van der Waals surface area (Å²) in [6, 6.07) is 9.78. The molecule has 1 heterocycles. The van der Waals surface area contributed by atoms with E-state index >= 15 is 0 Å². The molecule has 2 N–H and O–H groups in total. The zero-order chi connectivity index (χ0) is 11.3. The van der Waals surface area contributed by atoms with E-state index in [1.807, 2.05) is 30.3 Å². The Morgan fingerprint density at radius 1 is 1.06 bits per heavy atom. The molecule has 0 saturated heterocycles. The third-order valence-corrected chi connectivity index (χ3v) is 3.84. The minimum atomic E-state index is 0.711. The SMILES string of the molecule is Nc1c(Br)cc(Br)c2oc3ccccc3c12. The average Bonchev–Trinajstić information content (AvgIpc) is 2.66. The Hall–Kier alpha value is -1.00. The van der Waals surface area contributed by atoms with Crippen LogP contribution in [0.15, 0.2) is 43.7 Å². The molecule has 80 valence electrons. The lowest BCUT2D eigenvalue weighted by molar-refractivity contribution is 0.667. The molecule has 0 saturated carbocycles. The largest absolute Gasteiger partial charge is 0.455 e. The summed E-state index contributed by atoms with van der Waals surface area (Å²) in [6.07, 6.45) is 0. The summed E-state index contributed by atoms with van der Waals surface area (Å²) in [5.74, 6) is 0. The summed E-state index contributed by atoms with van der Waals surface area (Å²) < 4.78 is 7.55. The lowest BCUT2D eigenvalue weighted by Gasteiger charge is -2.01. The Morgan fingerprint density at radius 3 is 2.62 bits per heavy atom. The number of hydrogen-bond acceptors (Lipinski definition) is 2. The number of fused-ring (bicyclic) bond motifs is 3. The zero-order valence-corrected chi connectivity index (χ0v) is 11.3. The van der Waals surface area contributed by atoms with Gasteiger partial charge in [-0.05, 0) is 44.0 Å². The Balaban J connectivity index is 2.66. The van der Waals surface area contributed by atoms with Crippen molar-refractivity contribution in [3.8, 4) is 0 Å². The molecule has 0 radical (unpaired) electrons. The van der Waals surface area contributed by atoms with Gasteiger partial charge in [0.15, 0.2) is 5.58 Å². The van der Waals surface area contributed by atoms with E-state index in [1.165, 1.54) is 0 Å². The molecule has 0 aliphatic heterocycles. The van der Waals surface area contributed by atoms with Crippen LogP contribution in [-0.2, 0) is 0 Å².